The maximum absolute atomic E-state index is 9.86. The topological polar surface area (TPSA) is 368 Å². The predicted octanol–water partition coefficient (Wildman–Crippen LogP) is 4.98. The second-order valence-electron chi connectivity index (χ2n) is 14.6. The molecule has 0 unspecified atom stereocenters. The van der Waals surface area contributed by atoms with Gasteiger partial charge in [0.1, 0.15) is 0 Å². The van der Waals surface area contributed by atoms with E-state index < -0.39 is 125 Å². The predicted molar refractivity (Wildman–Crippen MR) is 356 cm³/mol. The fraction of sp³-hybridized carbons (Fsp3) is 1.00. The van der Waals surface area contributed by atoms with E-state index in [1.807, 2.05) is 0 Å². The van der Waals surface area contributed by atoms with Gasteiger partial charge in [0, 0.05) is 21.3 Å². The van der Waals surface area contributed by atoms with Crippen LogP contribution in [-0.4, -0.2) is 272 Å². The van der Waals surface area contributed by atoms with Crippen molar-refractivity contribution in [1.82, 2.24) is 0 Å². The molecule has 0 saturated heterocycles. The van der Waals surface area contributed by atoms with Crippen LogP contribution < -0.4 is 0 Å². The Balaban J connectivity index is -0.0000000149. The van der Waals surface area contributed by atoms with Gasteiger partial charge in [0.15, 0.2) is 60.4 Å². The molecule has 0 aliphatic rings. The first kappa shape index (κ1) is 171. The summed E-state index contributed by atoms with van der Waals surface area (Å²) in [5.41, 5.74) is 0. The molecule has 0 aromatic rings. The van der Waals surface area contributed by atoms with Gasteiger partial charge in [0.05, 0.1) is 0 Å². The summed E-state index contributed by atoms with van der Waals surface area (Å²) in [5, 5.41) is 47.9. The first-order chi connectivity index (χ1) is 29.1. The third-order valence-electron chi connectivity index (χ3n) is 2.26. The maximum atomic E-state index is 9.86. The summed E-state index contributed by atoms with van der Waals surface area (Å²) in [6, 6.07) is 0. The van der Waals surface area contributed by atoms with Crippen molar-refractivity contribution >= 4 is 204 Å². The summed E-state index contributed by atoms with van der Waals surface area (Å²) in [5.74, 6) is 0. The molecule has 0 amide bonds. The molecule has 75 heavy (non-hydrogen) atoms. The van der Waals surface area contributed by atoms with Gasteiger partial charge >= 0.3 is 126 Å². The summed E-state index contributed by atoms with van der Waals surface area (Å²) < 4.78 is 93.2. The summed E-state index contributed by atoms with van der Waals surface area (Å²) in [6.45, 7) is 42.5. The van der Waals surface area contributed by atoms with Crippen LogP contribution in [0.25, 0.3) is 0 Å². The van der Waals surface area contributed by atoms with Gasteiger partial charge in [0.25, 0.3) is 0 Å². The Morgan fingerprint density at radius 3 is 0.707 bits per heavy atom. The zero-order chi connectivity index (χ0) is 56.5. The van der Waals surface area contributed by atoms with Crippen LogP contribution in [0.4, 0.5) is 0 Å². The van der Waals surface area contributed by atoms with Gasteiger partial charge in [-0.2, -0.15) is 0 Å². The quantitative estimate of drug-likeness (QED) is 0.0479. The van der Waals surface area contributed by atoms with Crippen molar-refractivity contribution in [1.29, 1.82) is 0 Å². The average molecular weight is 1410 g/mol. The zero-order valence-corrected chi connectivity index (χ0v) is 64.8. The van der Waals surface area contributed by atoms with E-state index in [0.29, 0.717) is 10.5 Å². The van der Waals surface area contributed by atoms with Crippen molar-refractivity contribution in [3.8, 4) is 0 Å². The molecular weight excluding hydrogens is 1280 g/mol. The van der Waals surface area contributed by atoms with Gasteiger partial charge in [-0.05, 0) is 137 Å². The molecule has 0 rings (SSSR count). The molecule has 0 aromatic heterocycles. The third-order valence-corrected chi connectivity index (χ3v) is 19.4. The van der Waals surface area contributed by atoms with Gasteiger partial charge in [0.2, 0.25) is 0 Å². The van der Waals surface area contributed by atoms with E-state index >= 15 is 0 Å². The fourth-order valence-electron chi connectivity index (χ4n) is 2.94. The Morgan fingerprint density at radius 2 is 0.613 bits per heavy atom. The Kier molecular flexibility index (Phi) is 324. The Morgan fingerprint density at radius 1 is 0.480 bits per heavy atom. The molecule has 0 atom stereocenters. The Bertz CT molecular complexity index is 725. The normalized spacial score (nSPS) is 7.79. The van der Waals surface area contributed by atoms with Crippen LogP contribution in [0.15, 0.2) is 0 Å². The molecule has 472 valence electrons. The van der Waals surface area contributed by atoms with Gasteiger partial charge in [-0.15, -0.1) is 0 Å². The van der Waals surface area contributed by atoms with Gasteiger partial charge < -0.3 is 60.0 Å². The van der Waals surface area contributed by atoms with Gasteiger partial charge in [-0.1, -0.05) is 88.2 Å². The molecule has 0 aliphatic carbocycles. The van der Waals surface area contributed by atoms with Crippen LogP contribution in [0, 0.1) is 0 Å². The third kappa shape index (κ3) is 474. The molecule has 0 saturated carbocycles. The van der Waals surface area contributed by atoms with E-state index in [1.165, 1.54) is 58.9 Å². The first-order valence-corrected chi connectivity index (χ1v) is 51.9. The zero-order valence-electron chi connectivity index (χ0n) is 43.0. The molecular formula is C33H129Al6O24Si12-. The second-order valence-corrected chi connectivity index (χ2v) is 48.6. The van der Waals surface area contributed by atoms with Crippen LogP contribution >= 0.6 is 0 Å². The molecule has 24 nitrogen and oxygen atoms in total. The SMILES string of the molecule is C.C.C.C.C.C.C.C.C.C.C.CO.CO.CO.C[SiH3].C[Si](C)(C)O[Si](C)(C)C.C[Si](C)(C)O[Si](C)(C)C.C[Si](C)(C)O[Si](C)(C)C.O=[Si](O)O[O][Al][O][Al][O][Al][O]O.O=[Si]=O.OO.OO[SiH3].O[SiH2][SiH2-].[O]=[Al].[O]=[Al].[O]=[Al]. The van der Waals surface area contributed by atoms with E-state index in [9.17, 15) is 4.46 Å². The summed E-state index contributed by atoms with van der Waals surface area (Å²) >= 11 is 0.807. The number of hydrogen-bond donors (Lipinski definition) is 9. The molecule has 42 heteroatoms. The van der Waals surface area contributed by atoms with Crippen molar-refractivity contribution < 1.29 is 106 Å². The van der Waals surface area contributed by atoms with E-state index in [4.69, 9.17) is 78.6 Å². The molecule has 0 bridgehead atoms. The molecule has 0 fully saturated rings. The van der Waals surface area contributed by atoms with Crippen LogP contribution in [0.5, 0.6) is 0 Å². The van der Waals surface area contributed by atoms with Crippen LogP contribution in [0.3, 0.4) is 0 Å². The standard InChI is InChI=1S/3C6H18OSi2.3CH4O.CH6Si.11CH4.6Al.H2O4Si.O2Si.H4O2Si.2H2O2.H5OSi2.5O/c3*1-8(2,3)7-9(4,5)6;4*1-2;;;;;;;;;;;;;;;;;;1-4-5(2)3;1-3-2;1-2-3;2*1-2;1-3-2;;;;;/h3*1-6H3;3*2H,1H3;1-2H3;11*1H4;;;;;;;1-2H;;1H,3H3;2*1-2H;1H,2-3H2;;;;;/q;;;;;;;;;;;;;;;;;;;;;;2*+1;;;;;;-1;;;;;/p-2. The Hall–Kier alpha value is 3.56. The average Bonchev–Trinajstić information content (AvgIpc) is 3.15. The van der Waals surface area contributed by atoms with Crippen molar-refractivity contribution in [2.75, 3.05) is 21.3 Å². The van der Waals surface area contributed by atoms with Crippen LogP contribution in [0.2, 0.25) is 124 Å². The minimum absolute atomic E-state index is 0. The monoisotopic (exact) mass is 1410 g/mol. The molecule has 0 spiro atoms. The van der Waals surface area contributed by atoms with Crippen LogP contribution in [0.1, 0.15) is 81.7 Å². The van der Waals surface area contributed by atoms with Crippen molar-refractivity contribution in [3.63, 3.8) is 0 Å². The molecule has 0 aromatic carbocycles. The van der Waals surface area contributed by atoms with Crippen molar-refractivity contribution in [2.45, 2.75) is 206 Å². The van der Waals surface area contributed by atoms with E-state index in [1.54, 1.807) is 9.76 Å². The van der Waals surface area contributed by atoms with E-state index in [0.717, 1.165) is 21.3 Å². The minimum atomic E-state index is -3.05. The fourth-order valence-corrected chi connectivity index (χ4v) is 27.1. The molecule has 0 aliphatic heterocycles. The molecule has 9 N–H and O–H groups in total. The van der Waals surface area contributed by atoms with Gasteiger partial charge in [-0.3, -0.25) is 44.2 Å². The number of hydrogen-bond acceptors (Lipinski definition) is 23. The molecule has 0 heterocycles. The summed E-state index contributed by atoms with van der Waals surface area (Å²) in [6.07, 6.45) is 0. The number of rotatable bonds is 14. The molecule has 6 radical (unpaired) electrons. The van der Waals surface area contributed by atoms with Crippen LogP contribution in [-0.2, 0) is 59.9 Å². The summed E-state index contributed by atoms with van der Waals surface area (Å²) in [7, 11) is -6.01. The van der Waals surface area contributed by atoms with E-state index in [2.05, 4.69) is 147 Å². The second kappa shape index (κ2) is 142. The number of aliphatic hydroxyl groups is 3. The van der Waals surface area contributed by atoms with E-state index in [-0.39, 0.29) is 81.7 Å². The number of aliphatic hydroxyl groups excluding tert-OH is 3. The van der Waals surface area contributed by atoms with Crippen molar-refractivity contribution in [2.24, 2.45) is 0 Å². The first-order valence-electron chi connectivity index (χ1n) is 17.7. The summed E-state index contributed by atoms with van der Waals surface area (Å²) in [4.78, 5) is 15.8. The Labute approximate surface area is 532 Å². The van der Waals surface area contributed by atoms with Crippen molar-refractivity contribution in [3.05, 3.63) is 0 Å². The van der Waals surface area contributed by atoms with Gasteiger partial charge in [-0.25, -0.2) is 0 Å².